The lowest BCUT2D eigenvalue weighted by Crippen LogP contribution is -2.41. The smallest absolute Gasteiger partial charge is 0.241 e. The second-order valence-electron chi connectivity index (χ2n) is 6.17. The van der Waals surface area contributed by atoms with Gasteiger partial charge in [-0.1, -0.05) is 42.3 Å². The number of ether oxygens (including phenoxy) is 1. The molecule has 2 aromatic carbocycles. The van der Waals surface area contributed by atoms with Gasteiger partial charge < -0.3 is 10.1 Å². The number of nitrogens with zero attached hydrogens (tertiary/aromatic N) is 1. The minimum absolute atomic E-state index is 0.157. The van der Waals surface area contributed by atoms with Gasteiger partial charge in [0.1, 0.15) is 12.3 Å². The van der Waals surface area contributed by atoms with Crippen LogP contribution in [0.25, 0.3) is 0 Å². The minimum Gasteiger partial charge on any atom is -0.497 e. The van der Waals surface area contributed by atoms with Crippen LogP contribution in [0.5, 0.6) is 5.75 Å². The molecule has 1 amide bonds. The molecule has 2 aromatic rings. The molecule has 28 heavy (non-hydrogen) atoms. The number of methoxy groups -OCH3 is 1. The van der Waals surface area contributed by atoms with Gasteiger partial charge in [0.05, 0.1) is 30.1 Å². The van der Waals surface area contributed by atoms with Gasteiger partial charge >= 0.3 is 0 Å². The lowest BCUT2D eigenvalue weighted by Gasteiger charge is -2.25. The molecule has 0 aliphatic rings. The first kappa shape index (κ1) is 22.3. The number of carbonyl (C=O) groups excluding carboxylic acids is 1. The third-order valence-electron chi connectivity index (χ3n) is 4.13. The summed E-state index contributed by atoms with van der Waals surface area (Å²) in [6.45, 7) is 1.52. The van der Waals surface area contributed by atoms with Crippen molar-refractivity contribution in [1.29, 1.82) is 0 Å². The molecule has 9 heteroatoms. The molecule has 0 saturated heterocycles. The number of benzene rings is 2. The highest BCUT2D eigenvalue weighted by Gasteiger charge is 2.24. The van der Waals surface area contributed by atoms with Gasteiger partial charge in [0, 0.05) is 5.02 Å². The first-order valence-electron chi connectivity index (χ1n) is 8.51. The Morgan fingerprint density at radius 2 is 1.82 bits per heavy atom. The fourth-order valence-electron chi connectivity index (χ4n) is 2.69. The van der Waals surface area contributed by atoms with Gasteiger partial charge in [-0.3, -0.25) is 9.10 Å². The monoisotopic (exact) mass is 444 g/mol. The predicted molar refractivity (Wildman–Crippen MR) is 113 cm³/mol. The Morgan fingerprint density at radius 3 is 2.36 bits per heavy atom. The topological polar surface area (TPSA) is 75.7 Å². The van der Waals surface area contributed by atoms with Crippen LogP contribution < -0.4 is 14.4 Å². The summed E-state index contributed by atoms with van der Waals surface area (Å²) in [5.41, 5.74) is 1.05. The highest BCUT2D eigenvalue weighted by molar-refractivity contribution is 7.92. The van der Waals surface area contributed by atoms with Gasteiger partial charge in [0.15, 0.2) is 0 Å². The van der Waals surface area contributed by atoms with Crippen molar-refractivity contribution >= 4 is 44.8 Å². The molecule has 0 fully saturated rings. The van der Waals surface area contributed by atoms with Crippen molar-refractivity contribution in [1.82, 2.24) is 5.32 Å². The molecule has 0 radical (unpaired) electrons. The van der Waals surface area contributed by atoms with Crippen LogP contribution in [0.2, 0.25) is 10.0 Å². The highest BCUT2D eigenvalue weighted by atomic mass is 35.5. The zero-order valence-corrected chi connectivity index (χ0v) is 18.1. The lowest BCUT2D eigenvalue weighted by molar-refractivity contribution is -0.120. The van der Waals surface area contributed by atoms with Crippen LogP contribution in [-0.2, 0) is 14.8 Å². The zero-order chi connectivity index (χ0) is 20.9. The van der Waals surface area contributed by atoms with Crippen molar-refractivity contribution in [2.45, 2.75) is 19.4 Å². The number of rotatable bonds is 8. The normalized spacial score (nSPS) is 12.3. The molecule has 0 aliphatic carbocycles. The highest BCUT2D eigenvalue weighted by Crippen LogP contribution is 2.30. The summed E-state index contributed by atoms with van der Waals surface area (Å²) in [5, 5.41) is 3.37. The van der Waals surface area contributed by atoms with E-state index in [2.05, 4.69) is 5.32 Å². The van der Waals surface area contributed by atoms with Gasteiger partial charge in [0.2, 0.25) is 15.9 Å². The molecule has 152 valence electrons. The Morgan fingerprint density at radius 1 is 1.18 bits per heavy atom. The number of anilines is 1. The SMILES string of the molecule is CC[C@H](NC(=O)CN(c1cc(Cl)ccc1Cl)S(C)(=O)=O)c1ccc(OC)cc1. The van der Waals surface area contributed by atoms with Crippen molar-refractivity contribution < 1.29 is 17.9 Å². The van der Waals surface area contributed by atoms with E-state index in [0.29, 0.717) is 17.2 Å². The van der Waals surface area contributed by atoms with E-state index in [0.717, 1.165) is 16.1 Å². The predicted octanol–water partition coefficient (Wildman–Crippen LogP) is 4.04. The molecule has 1 atom stereocenters. The molecule has 0 aliphatic heterocycles. The second kappa shape index (κ2) is 9.49. The summed E-state index contributed by atoms with van der Waals surface area (Å²) in [7, 11) is -2.18. The van der Waals surface area contributed by atoms with E-state index in [9.17, 15) is 13.2 Å². The quantitative estimate of drug-likeness (QED) is 0.666. The van der Waals surface area contributed by atoms with Crippen molar-refractivity contribution in [2.24, 2.45) is 0 Å². The van der Waals surface area contributed by atoms with E-state index >= 15 is 0 Å². The first-order chi connectivity index (χ1) is 13.2. The number of hydrogen-bond acceptors (Lipinski definition) is 4. The summed E-state index contributed by atoms with van der Waals surface area (Å²) < 4.78 is 30.6. The molecule has 0 unspecified atom stereocenters. The summed E-state index contributed by atoms with van der Waals surface area (Å²) in [6, 6.07) is 11.5. The standard InChI is InChI=1S/C19H22Cl2N2O4S/c1-4-17(13-5-8-15(27-2)9-6-13)22-19(24)12-23(28(3,25)26)18-11-14(20)7-10-16(18)21/h5-11,17H,4,12H2,1-3H3,(H,22,24)/t17-/m0/s1. The van der Waals surface area contributed by atoms with E-state index in [1.54, 1.807) is 25.3 Å². The Bertz CT molecular complexity index is 933. The van der Waals surface area contributed by atoms with Gasteiger partial charge in [-0.25, -0.2) is 8.42 Å². The number of hydrogen-bond donors (Lipinski definition) is 1. The Balaban J connectivity index is 2.22. The van der Waals surface area contributed by atoms with Gasteiger partial charge in [0.25, 0.3) is 0 Å². The van der Waals surface area contributed by atoms with Crippen molar-refractivity contribution in [3.63, 3.8) is 0 Å². The van der Waals surface area contributed by atoms with Crippen LogP contribution in [0.4, 0.5) is 5.69 Å². The summed E-state index contributed by atoms with van der Waals surface area (Å²) in [5.74, 6) is 0.257. The zero-order valence-electron chi connectivity index (χ0n) is 15.8. The van der Waals surface area contributed by atoms with E-state index in [-0.39, 0.29) is 16.8 Å². The Hall–Kier alpha value is -1.96. The van der Waals surface area contributed by atoms with Crippen LogP contribution in [0.3, 0.4) is 0 Å². The molecule has 0 spiro atoms. The van der Waals surface area contributed by atoms with Crippen molar-refractivity contribution in [3.8, 4) is 5.75 Å². The van der Waals surface area contributed by atoms with Gasteiger partial charge in [-0.05, 0) is 42.3 Å². The molecule has 0 saturated carbocycles. The molecular formula is C19H22Cl2N2O4S. The number of amides is 1. The van der Waals surface area contributed by atoms with E-state index < -0.39 is 22.5 Å². The number of halogens is 2. The van der Waals surface area contributed by atoms with E-state index in [4.69, 9.17) is 27.9 Å². The van der Waals surface area contributed by atoms with E-state index in [1.807, 2.05) is 19.1 Å². The third-order valence-corrected chi connectivity index (χ3v) is 5.81. The molecule has 0 aromatic heterocycles. The molecule has 1 N–H and O–H groups in total. The molecule has 2 rings (SSSR count). The summed E-state index contributed by atoms with van der Waals surface area (Å²) >= 11 is 12.1. The lowest BCUT2D eigenvalue weighted by atomic mass is 10.0. The van der Waals surface area contributed by atoms with Crippen LogP contribution >= 0.6 is 23.2 Å². The largest absolute Gasteiger partial charge is 0.497 e. The van der Waals surface area contributed by atoms with Crippen LogP contribution in [-0.4, -0.2) is 34.2 Å². The second-order valence-corrected chi connectivity index (χ2v) is 8.92. The average Bonchev–Trinajstić information content (AvgIpc) is 2.65. The number of nitrogens with one attached hydrogen (secondary N) is 1. The van der Waals surface area contributed by atoms with Gasteiger partial charge in [-0.2, -0.15) is 0 Å². The molecule has 6 nitrogen and oxygen atoms in total. The van der Waals surface area contributed by atoms with Gasteiger partial charge in [-0.15, -0.1) is 0 Å². The third kappa shape index (κ3) is 5.77. The maximum Gasteiger partial charge on any atom is 0.241 e. The van der Waals surface area contributed by atoms with Crippen molar-refractivity contribution in [3.05, 3.63) is 58.1 Å². The Kier molecular flexibility index (Phi) is 7.57. The molecule has 0 heterocycles. The number of sulfonamides is 1. The molecule has 0 bridgehead atoms. The maximum atomic E-state index is 12.6. The Labute approximate surface area is 175 Å². The van der Waals surface area contributed by atoms with Crippen LogP contribution in [0.1, 0.15) is 24.9 Å². The fourth-order valence-corrected chi connectivity index (χ4v) is 3.98. The summed E-state index contributed by atoms with van der Waals surface area (Å²) in [4.78, 5) is 12.6. The fraction of sp³-hybridized carbons (Fsp3) is 0.316. The first-order valence-corrected chi connectivity index (χ1v) is 11.1. The van der Waals surface area contributed by atoms with Crippen LogP contribution in [0.15, 0.2) is 42.5 Å². The van der Waals surface area contributed by atoms with E-state index in [1.165, 1.54) is 12.1 Å². The van der Waals surface area contributed by atoms with Crippen molar-refractivity contribution in [2.75, 3.05) is 24.2 Å². The summed E-state index contributed by atoms with van der Waals surface area (Å²) in [6.07, 6.45) is 1.65. The molecular weight excluding hydrogens is 423 g/mol. The number of carbonyl (C=O) groups is 1. The minimum atomic E-state index is -3.76. The maximum absolute atomic E-state index is 12.6. The average molecular weight is 445 g/mol. The van der Waals surface area contributed by atoms with Crippen LogP contribution in [0, 0.1) is 0 Å².